The Bertz CT molecular complexity index is 583. The zero-order chi connectivity index (χ0) is 13.3. The van der Waals surface area contributed by atoms with Crippen molar-refractivity contribution in [2.24, 2.45) is 7.05 Å². The van der Waals surface area contributed by atoms with Gasteiger partial charge in [-0.1, -0.05) is 0 Å². The van der Waals surface area contributed by atoms with Crippen LogP contribution in [0.3, 0.4) is 0 Å². The predicted octanol–water partition coefficient (Wildman–Crippen LogP) is 3.85. The van der Waals surface area contributed by atoms with E-state index in [2.05, 4.69) is 48.9 Å². The number of aromatic nitrogens is 2. The zero-order valence-electron chi connectivity index (χ0n) is 9.97. The molecule has 0 aliphatic carbocycles. The molecule has 2 aromatic rings. The fourth-order valence-corrected chi connectivity index (χ4v) is 2.83. The molecule has 0 aliphatic heterocycles. The maximum absolute atomic E-state index is 13.0. The van der Waals surface area contributed by atoms with Crippen LogP contribution < -0.4 is 5.32 Å². The first kappa shape index (κ1) is 13.8. The minimum Gasteiger partial charge on any atom is -0.379 e. The summed E-state index contributed by atoms with van der Waals surface area (Å²) in [6.45, 7) is 2.59. The smallest absolute Gasteiger partial charge is 0.124 e. The average Bonchev–Trinajstić information content (AvgIpc) is 2.53. The summed E-state index contributed by atoms with van der Waals surface area (Å²) in [4.78, 5) is 0. The zero-order valence-corrected chi connectivity index (χ0v) is 13.7. The number of benzene rings is 1. The highest BCUT2D eigenvalue weighted by molar-refractivity contribution is 14.1. The second-order valence-electron chi connectivity index (χ2n) is 3.95. The van der Waals surface area contributed by atoms with Gasteiger partial charge in [0, 0.05) is 16.3 Å². The van der Waals surface area contributed by atoms with Crippen LogP contribution in [0.2, 0.25) is 0 Å². The minimum atomic E-state index is -0.220. The SMILES string of the molecule is Cc1nn(C)c(CNc2ccc(F)cc2I)c1Br. The quantitative estimate of drug-likeness (QED) is 0.760. The van der Waals surface area contributed by atoms with Gasteiger partial charge in [0.15, 0.2) is 0 Å². The van der Waals surface area contributed by atoms with Crippen LogP contribution in [-0.4, -0.2) is 9.78 Å². The Morgan fingerprint density at radius 3 is 2.78 bits per heavy atom. The van der Waals surface area contributed by atoms with Crippen LogP contribution >= 0.6 is 38.5 Å². The summed E-state index contributed by atoms with van der Waals surface area (Å²) in [5, 5.41) is 7.61. The van der Waals surface area contributed by atoms with E-state index in [0.29, 0.717) is 6.54 Å². The molecule has 6 heteroatoms. The summed E-state index contributed by atoms with van der Waals surface area (Å²) in [5.74, 6) is -0.220. The van der Waals surface area contributed by atoms with Gasteiger partial charge in [-0.3, -0.25) is 4.68 Å². The monoisotopic (exact) mass is 423 g/mol. The van der Waals surface area contributed by atoms with Gasteiger partial charge in [-0.05, 0) is 63.6 Å². The minimum absolute atomic E-state index is 0.220. The number of halogens is 3. The molecule has 1 aromatic heterocycles. The molecule has 1 aromatic carbocycles. The van der Waals surface area contributed by atoms with Gasteiger partial charge in [-0.2, -0.15) is 5.10 Å². The highest BCUT2D eigenvalue weighted by Crippen LogP contribution is 2.23. The number of nitrogens with zero attached hydrogens (tertiary/aromatic N) is 2. The van der Waals surface area contributed by atoms with Crippen molar-refractivity contribution >= 4 is 44.2 Å². The molecular formula is C12H12BrFIN3. The normalized spacial score (nSPS) is 10.7. The number of hydrogen-bond acceptors (Lipinski definition) is 2. The second kappa shape index (κ2) is 5.56. The molecule has 3 nitrogen and oxygen atoms in total. The van der Waals surface area contributed by atoms with Crippen molar-refractivity contribution < 1.29 is 4.39 Å². The van der Waals surface area contributed by atoms with Crippen LogP contribution in [0, 0.1) is 16.3 Å². The Balaban J connectivity index is 2.16. The second-order valence-corrected chi connectivity index (χ2v) is 5.90. The molecule has 0 radical (unpaired) electrons. The van der Waals surface area contributed by atoms with Gasteiger partial charge in [0.05, 0.1) is 22.4 Å². The van der Waals surface area contributed by atoms with Gasteiger partial charge in [-0.15, -0.1) is 0 Å². The Morgan fingerprint density at radius 1 is 1.50 bits per heavy atom. The maximum Gasteiger partial charge on any atom is 0.124 e. The van der Waals surface area contributed by atoms with Crippen LogP contribution in [0.1, 0.15) is 11.4 Å². The third kappa shape index (κ3) is 2.85. The van der Waals surface area contributed by atoms with E-state index in [0.717, 1.165) is 25.1 Å². The van der Waals surface area contributed by atoms with Crippen LogP contribution in [-0.2, 0) is 13.6 Å². The molecule has 0 spiro atoms. The van der Waals surface area contributed by atoms with E-state index in [1.807, 2.05) is 18.7 Å². The first-order chi connectivity index (χ1) is 8.49. The lowest BCUT2D eigenvalue weighted by molar-refractivity contribution is 0.627. The van der Waals surface area contributed by atoms with Crippen LogP contribution in [0.4, 0.5) is 10.1 Å². The molecule has 1 N–H and O–H groups in total. The van der Waals surface area contributed by atoms with Crippen molar-refractivity contribution in [3.63, 3.8) is 0 Å². The number of aryl methyl sites for hydroxylation is 2. The molecule has 0 fully saturated rings. The lowest BCUT2D eigenvalue weighted by Crippen LogP contribution is -2.07. The molecule has 0 bridgehead atoms. The molecule has 0 unspecified atom stereocenters. The van der Waals surface area contributed by atoms with Gasteiger partial charge in [0.2, 0.25) is 0 Å². The molecule has 2 rings (SSSR count). The topological polar surface area (TPSA) is 29.9 Å². The van der Waals surface area contributed by atoms with Gasteiger partial charge in [0.25, 0.3) is 0 Å². The Morgan fingerprint density at radius 2 is 2.22 bits per heavy atom. The van der Waals surface area contributed by atoms with Gasteiger partial charge in [0.1, 0.15) is 5.82 Å². The Kier molecular flexibility index (Phi) is 4.26. The van der Waals surface area contributed by atoms with Crippen molar-refractivity contribution in [1.29, 1.82) is 0 Å². The van der Waals surface area contributed by atoms with Crippen LogP contribution in [0.5, 0.6) is 0 Å². The third-order valence-corrected chi connectivity index (χ3v) is 4.56. The largest absolute Gasteiger partial charge is 0.379 e. The van der Waals surface area contributed by atoms with Crippen molar-refractivity contribution in [1.82, 2.24) is 9.78 Å². The van der Waals surface area contributed by atoms with E-state index < -0.39 is 0 Å². The Labute approximate surface area is 127 Å². The average molecular weight is 424 g/mol. The molecular weight excluding hydrogens is 412 g/mol. The van der Waals surface area contributed by atoms with Crippen LogP contribution in [0.15, 0.2) is 22.7 Å². The van der Waals surface area contributed by atoms with E-state index in [-0.39, 0.29) is 5.82 Å². The maximum atomic E-state index is 13.0. The lowest BCUT2D eigenvalue weighted by Gasteiger charge is -2.09. The first-order valence-corrected chi connectivity index (χ1v) is 7.23. The number of anilines is 1. The van der Waals surface area contributed by atoms with Gasteiger partial charge < -0.3 is 5.32 Å². The van der Waals surface area contributed by atoms with E-state index in [1.165, 1.54) is 12.1 Å². The summed E-state index contributed by atoms with van der Waals surface area (Å²) in [5.41, 5.74) is 2.94. The van der Waals surface area contributed by atoms with Crippen molar-refractivity contribution in [2.75, 3.05) is 5.32 Å². The number of hydrogen-bond donors (Lipinski definition) is 1. The highest BCUT2D eigenvalue weighted by atomic mass is 127. The number of rotatable bonds is 3. The molecule has 0 saturated heterocycles. The molecule has 96 valence electrons. The summed E-state index contributed by atoms with van der Waals surface area (Å²) in [6.07, 6.45) is 0. The Hall–Kier alpha value is -0.630. The van der Waals surface area contributed by atoms with Crippen molar-refractivity contribution in [3.8, 4) is 0 Å². The molecule has 0 aliphatic rings. The third-order valence-electron chi connectivity index (χ3n) is 2.64. The molecule has 0 atom stereocenters. The standard InChI is InChI=1S/C12H12BrFIN3/c1-7-12(13)11(18(2)17-7)6-16-10-4-3-8(14)5-9(10)15/h3-5,16H,6H2,1-2H3. The molecule has 18 heavy (non-hydrogen) atoms. The predicted molar refractivity (Wildman–Crippen MR) is 82.1 cm³/mol. The molecule has 0 amide bonds. The highest BCUT2D eigenvalue weighted by Gasteiger charge is 2.10. The summed E-state index contributed by atoms with van der Waals surface area (Å²) in [7, 11) is 1.91. The van der Waals surface area contributed by atoms with Crippen LogP contribution in [0.25, 0.3) is 0 Å². The first-order valence-electron chi connectivity index (χ1n) is 5.36. The summed E-state index contributed by atoms with van der Waals surface area (Å²) in [6, 6.07) is 4.70. The van der Waals surface area contributed by atoms with Crippen molar-refractivity contribution in [2.45, 2.75) is 13.5 Å². The number of nitrogens with one attached hydrogen (secondary N) is 1. The van der Waals surface area contributed by atoms with E-state index in [9.17, 15) is 4.39 Å². The van der Waals surface area contributed by atoms with E-state index >= 15 is 0 Å². The fourth-order valence-electron chi connectivity index (χ4n) is 1.68. The fraction of sp³-hybridized carbons (Fsp3) is 0.250. The lowest BCUT2D eigenvalue weighted by atomic mass is 10.3. The summed E-state index contributed by atoms with van der Waals surface area (Å²) >= 11 is 5.63. The van der Waals surface area contributed by atoms with E-state index in [4.69, 9.17) is 0 Å². The summed E-state index contributed by atoms with van der Waals surface area (Å²) < 4.78 is 16.7. The van der Waals surface area contributed by atoms with Crippen molar-refractivity contribution in [3.05, 3.63) is 43.4 Å². The van der Waals surface area contributed by atoms with E-state index in [1.54, 1.807) is 6.07 Å². The van der Waals surface area contributed by atoms with Gasteiger partial charge in [-0.25, -0.2) is 4.39 Å². The molecule has 1 heterocycles. The van der Waals surface area contributed by atoms with Gasteiger partial charge >= 0.3 is 0 Å². The molecule has 0 saturated carbocycles.